The first kappa shape index (κ1) is 63.3. The number of carbonyl (C=O) groups is 1. The van der Waals surface area contributed by atoms with E-state index in [1.807, 2.05) is 0 Å². The molecule has 0 radical (unpaired) electrons. The topological polar surface area (TPSA) is 393 Å². The zero-order valence-electron chi connectivity index (χ0n) is 47.9. The summed E-state index contributed by atoms with van der Waals surface area (Å²) in [6.45, 7) is 13.2. The smallest absolute Gasteiger partial charge is 0.315 e. The predicted octanol–water partition coefficient (Wildman–Crippen LogP) is -2.29. The maximum Gasteiger partial charge on any atom is 0.315 e. The Labute approximate surface area is 477 Å². The van der Waals surface area contributed by atoms with E-state index in [1.165, 1.54) is 5.57 Å². The summed E-state index contributed by atoms with van der Waals surface area (Å²) in [6.07, 6.45) is -27.0. The molecule has 14 N–H and O–H groups in total. The van der Waals surface area contributed by atoms with E-state index in [2.05, 4.69) is 54.5 Å². The number of carbonyl (C=O) groups excluding carboxylic acids is 1. The second-order valence-corrected chi connectivity index (χ2v) is 27.7. The van der Waals surface area contributed by atoms with Crippen LogP contribution in [0.15, 0.2) is 11.6 Å². The summed E-state index contributed by atoms with van der Waals surface area (Å²) in [4.78, 5) is 14.8. The van der Waals surface area contributed by atoms with Gasteiger partial charge in [-0.3, -0.25) is 4.79 Å². The van der Waals surface area contributed by atoms with Crippen LogP contribution in [0.25, 0.3) is 0 Å². The molecule has 0 amide bonds. The van der Waals surface area contributed by atoms with Gasteiger partial charge in [-0.15, -0.1) is 0 Å². The molecule has 10 rings (SSSR count). The molecule has 30 atom stereocenters. The van der Waals surface area contributed by atoms with Gasteiger partial charge in [0.15, 0.2) is 25.2 Å². The third-order valence-electron chi connectivity index (χ3n) is 22.4. The second kappa shape index (κ2) is 23.3. The molecule has 5 aliphatic heterocycles. The zero-order chi connectivity index (χ0) is 59.6. The highest BCUT2D eigenvalue weighted by Crippen LogP contribution is 2.76. The third kappa shape index (κ3) is 10.6. The quantitative estimate of drug-likeness (QED) is 0.0555. The molecule has 25 heteroatoms. The number of rotatable bonds is 12. The first-order chi connectivity index (χ1) is 38.5. The van der Waals surface area contributed by atoms with Gasteiger partial charge in [0.05, 0.1) is 44.6 Å². The van der Waals surface area contributed by atoms with E-state index in [9.17, 15) is 76.3 Å². The van der Waals surface area contributed by atoms with Crippen LogP contribution in [0, 0.1) is 50.2 Å². The molecule has 0 unspecified atom stereocenters. The van der Waals surface area contributed by atoms with Gasteiger partial charge in [0, 0.05) is 0 Å². The Kier molecular flexibility index (Phi) is 18.0. The third-order valence-corrected chi connectivity index (χ3v) is 22.4. The van der Waals surface area contributed by atoms with Crippen LogP contribution in [-0.2, 0) is 52.2 Å². The van der Waals surface area contributed by atoms with Gasteiger partial charge in [-0.05, 0) is 109 Å². The van der Waals surface area contributed by atoms with Gasteiger partial charge in [-0.25, -0.2) is 0 Å². The number of hydrogen-bond donors (Lipinski definition) is 14. The molecule has 4 saturated carbocycles. The summed E-state index contributed by atoms with van der Waals surface area (Å²) >= 11 is 0. The second-order valence-electron chi connectivity index (χ2n) is 27.7. The number of aliphatic hydroxyl groups is 14. The van der Waals surface area contributed by atoms with Gasteiger partial charge in [-0.2, -0.15) is 0 Å². The molecule has 0 aromatic heterocycles. The van der Waals surface area contributed by atoms with Crippen molar-refractivity contribution in [3.05, 3.63) is 11.6 Å². The number of fused-ring (bicyclic) bond motifs is 7. The molecule has 5 saturated heterocycles. The van der Waals surface area contributed by atoms with Crippen LogP contribution >= 0.6 is 0 Å². The van der Waals surface area contributed by atoms with Gasteiger partial charge in [0.25, 0.3) is 0 Å². The van der Waals surface area contributed by atoms with Crippen molar-refractivity contribution < 1.29 is 124 Å². The minimum atomic E-state index is -1.94. The average Bonchev–Trinajstić information content (AvgIpc) is 0.752. The molecule has 0 spiro atoms. The Balaban J connectivity index is 0.897. The van der Waals surface area contributed by atoms with Crippen LogP contribution in [0.1, 0.15) is 113 Å². The minimum Gasteiger partial charge on any atom is -0.432 e. The predicted molar refractivity (Wildman–Crippen MR) is 277 cm³/mol. The Bertz CT molecular complexity index is 2270. The lowest BCUT2D eigenvalue weighted by Crippen LogP contribution is -2.67. The summed E-state index contributed by atoms with van der Waals surface area (Å²) in [6, 6.07) is 0. The lowest BCUT2D eigenvalue weighted by Gasteiger charge is -2.71. The van der Waals surface area contributed by atoms with Crippen LogP contribution in [0.5, 0.6) is 0 Å². The lowest BCUT2D eigenvalue weighted by molar-refractivity contribution is -0.391. The van der Waals surface area contributed by atoms with Crippen LogP contribution in [0.2, 0.25) is 0 Å². The first-order valence-electron chi connectivity index (χ1n) is 29.6. The largest absolute Gasteiger partial charge is 0.432 e. The first-order valence-corrected chi connectivity index (χ1v) is 29.6. The fourth-order valence-corrected chi connectivity index (χ4v) is 17.2. The van der Waals surface area contributed by atoms with Crippen LogP contribution < -0.4 is 0 Å². The van der Waals surface area contributed by atoms with Crippen LogP contribution in [0.3, 0.4) is 0 Å². The summed E-state index contributed by atoms with van der Waals surface area (Å²) < 4.78 is 60.4. The van der Waals surface area contributed by atoms with Crippen molar-refractivity contribution in [2.24, 2.45) is 50.2 Å². The van der Waals surface area contributed by atoms with Crippen molar-refractivity contribution in [3.8, 4) is 0 Å². The molecule has 470 valence electrons. The average molecular weight is 1180 g/mol. The van der Waals surface area contributed by atoms with E-state index in [0.29, 0.717) is 25.7 Å². The van der Waals surface area contributed by atoms with Crippen molar-refractivity contribution in [2.45, 2.75) is 254 Å². The highest BCUT2D eigenvalue weighted by molar-refractivity contribution is 5.79. The van der Waals surface area contributed by atoms with Gasteiger partial charge in [0.2, 0.25) is 6.29 Å². The summed E-state index contributed by atoms with van der Waals surface area (Å²) in [5, 5.41) is 150. The maximum absolute atomic E-state index is 14.8. The van der Waals surface area contributed by atoms with Gasteiger partial charge < -0.3 is 119 Å². The van der Waals surface area contributed by atoms with Gasteiger partial charge >= 0.3 is 5.97 Å². The normalized spacial score (nSPS) is 53.8. The summed E-state index contributed by atoms with van der Waals surface area (Å²) in [5.41, 5.74) is -1.14. The molecule has 0 aromatic rings. The highest BCUT2D eigenvalue weighted by atomic mass is 16.8. The Morgan fingerprint density at radius 3 is 1.71 bits per heavy atom. The Morgan fingerprint density at radius 2 is 1.07 bits per heavy atom. The minimum absolute atomic E-state index is 0.0847. The van der Waals surface area contributed by atoms with E-state index >= 15 is 0 Å². The molecule has 5 heterocycles. The summed E-state index contributed by atoms with van der Waals surface area (Å²) in [7, 11) is 0. The highest BCUT2D eigenvalue weighted by Gasteiger charge is 2.70. The number of hydrogen-bond acceptors (Lipinski definition) is 25. The van der Waals surface area contributed by atoms with Gasteiger partial charge in [-0.1, -0.05) is 60.1 Å². The van der Waals surface area contributed by atoms with E-state index in [0.717, 1.165) is 38.5 Å². The molecule has 10 aliphatic rings. The SMILES string of the molecule is CC1(C)CC[C@]2(C(=O)O[C@@H]3O[C@H](CO)[C@@H](O)[C@H](O)[C@H]3O)CC[C@]3(C)C(=CC[C@@H]4[C@@]5(C)CC[C@H](O[C@@H]6OC[C@H](O)[C@H](O[C@@H]7O[C@H](CO)[C@@H](O)[C@H](O[C@@H]8OC[C@@H](O)[C@H](O)[C@H]8O)[C@H]7O)[C@H]6O[C@@H]6OC[C@@H](O)[C@H](O)[C@H]6O)C(C)(C)[C@@H]5CC[C@]43C)[C@@H]2C1. The molecule has 25 nitrogen and oxygen atoms in total. The molecule has 0 bridgehead atoms. The van der Waals surface area contributed by atoms with Crippen LogP contribution in [0.4, 0.5) is 0 Å². The fraction of sp³-hybridized carbons (Fsp3) is 0.947. The van der Waals surface area contributed by atoms with Crippen molar-refractivity contribution in [3.63, 3.8) is 0 Å². The van der Waals surface area contributed by atoms with E-state index in [-0.39, 0.29) is 39.4 Å². The molecule has 82 heavy (non-hydrogen) atoms. The Morgan fingerprint density at radius 1 is 0.524 bits per heavy atom. The number of esters is 1. The lowest BCUT2D eigenvalue weighted by atomic mass is 9.33. The maximum atomic E-state index is 14.8. The molecule has 0 aromatic carbocycles. The Hall–Kier alpha value is -1.71. The standard InChI is InChI=1S/C57H92O25/c1-52(2)14-16-57(51(72)82-48-41(70)38(67)36(65)29(19-58)76-48)17-15-55(6)24(25(57)18-52)8-9-32-54(5)12-11-33(53(3,4)31(54)10-13-56(32,55)7)78-50-45(81-47-40(69)35(64)27(61)22-74-47)43(28(62)23-75-50)79-49-42(71)44(37(66)30(20-59)77-49)80-46-39(68)34(63)26(60)21-73-46/h8,25-50,58-71H,9-23H2,1-7H3/t25-,26+,27+,28-,29+,30+,31-,32+,33-,34-,35-,36+,37+,38-,39+,40+,41+,42+,43-,44-,45+,46-,47-,48-,49-,50-,54-,55+,56+,57-/m0/s1. The van der Waals surface area contributed by atoms with Gasteiger partial charge in [0.1, 0.15) is 104 Å². The molecule has 9 fully saturated rings. The van der Waals surface area contributed by atoms with Crippen molar-refractivity contribution in [1.29, 1.82) is 0 Å². The molecule has 5 aliphatic carbocycles. The fourth-order valence-electron chi connectivity index (χ4n) is 17.2. The van der Waals surface area contributed by atoms with Crippen molar-refractivity contribution in [1.82, 2.24) is 0 Å². The summed E-state index contributed by atoms with van der Waals surface area (Å²) in [5.74, 6) is -0.431. The molecular weight excluding hydrogens is 1080 g/mol. The van der Waals surface area contributed by atoms with Crippen LogP contribution in [-0.4, -0.2) is 252 Å². The zero-order valence-corrected chi connectivity index (χ0v) is 47.9. The number of ether oxygens (including phenoxy) is 10. The number of aliphatic hydroxyl groups excluding tert-OH is 14. The number of allylic oxidation sites excluding steroid dienone is 2. The van der Waals surface area contributed by atoms with Crippen molar-refractivity contribution >= 4 is 5.97 Å². The molecular formula is C57H92O25. The van der Waals surface area contributed by atoms with E-state index in [4.69, 9.17) is 47.4 Å². The van der Waals surface area contributed by atoms with Crippen molar-refractivity contribution in [2.75, 3.05) is 33.0 Å². The van der Waals surface area contributed by atoms with E-state index < -0.39 is 191 Å². The van der Waals surface area contributed by atoms with E-state index in [1.54, 1.807) is 0 Å². The monoisotopic (exact) mass is 1180 g/mol.